The fourth-order valence-corrected chi connectivity index (χ4v) is 3.24. The normalized spacial score (nSPS) is 11.4. The van der Waals surface area contributed by atoms with Gasteiger partial charge in [-0.05, 0) is 37.4 Å². The highest BCUT2D eigenvalue weighted by molar-refractivity contribution is 6.30. The third-order valence-corrected chi connectivity index (χ3v) is 4.46. The van der Waals surface area contributed by atoms with Crippen molar-refractivity contribution in [3.05, 3.63) is 69.7 Å². The average Bonchev–Trinajstić information content (AvgIpc) is 3.01. The number of aromatic nitrogens is 2. The van der Waals surface area contributed by atoms with Crippen LogP contribution in [0.4, 0.5) is 5.69 Å². The number of fused-ring (bicyclic) bond motifs is 3. The number of halogens is 1. The number of nitrogens with one attached hydrogen (secondary N) is 2. The van der Waals surface area contributed by atoms with E-state index < -0.39 is 0 Å². The van der Waals surface area contributed by atoms with Gasteiger partial charge in [-0.15, -0.1) is 0 Å². The van der Waals surface area contributed by atoms with Crippen molar-refractivity contribution in [2.75, 3.05) is 18.9 Å². The maximum Gasteiger partial charge on any atom is 0.294 e. The Balaban J connectivity index is 1.50. The third-order valence-electron chi connectivity index (χ3n) is 4.22. The molecule has 0 spiro atoms. The van der Waals surface area contributed by atoms with Gasteiger partial charge in [0, 0.05) is 16.1 Å². The maximum atomic E-state index is 12.3. The summed E-state index contributed by atoms with van der Waals surface area (Å²) in [5, 5.41) is 4.12. The molecule has 0 fully saturated rings. The minimum atomic E-state index is -0.340. The molecule has 0 atom stereocenters. The number of rotatable bonds is 5. The van der Waals surface area contributed by atoms with Crippen LogP contribution in [0.1, 0.15) is 5.82 Å². The molecule has 7 nitrogen and oxygen atoms in total. The van der Waals surface area contributed by atoms with Crippen LogP contribution in [0, 0.1) is 0 Å². The van der Waals surface area contributed by atoms with Crippen molar-refractivity contribution in [3.8, 4) is 0 Å². The number of amides is 1. The van der Waals surface area contributed by atoms with Crippen LogP contribution < -0.4 is 10.9 Å². The van der Waals surface area contributed by atoms with Crippen LogP contribution in [-0.4, -0.2) is 34.4 Å². The quantitative estimate of drug-likeness (QED) is 0.539. The topological polar surface area (TPSA) is 91.2 Å². The number of para-hydroxylation sites is 1. The summed E-state index contributed by atoms with van der Waals surface area (Å²) < 4.78 is 5.59. The highest BCUT2D eigenvalue weighted by Gasteiger charge is 2.15. The summed E-state index contributed by atoms with van der Waals surface area (Å²) in [5.41, 5.74) is 1.62. The number of carbonyl (C=O) groups excluding carboxylic acids is 1. The van der Waals surface area contributed by atoms with Gasteiger partial charge in [0.25, 0.3) is 5.56 Å². The van der Waals surface area contributed by atoms with Crippen molar-refractivity contribution >= 4 is 45.3 Å². The molecule has 8 heteroatoms. The van der Waals surface area contributed by atoms with Gasteiger partial charge in [0.15, 0.2) is 0 Å². The summed E-state index contributed by atoms with van der Waals surface area (Å²) >= 11 is 5.92. The zero-order valence-electron chi connectivity index (χ0n) is 15.0. The minimum absolute atomic E-state index is 0.125. The summed E-state index contributed by atoms with van der Waals surface area (Å²) in [6.07, 6.45) is 0. The molecule has 0 radical (unpaired) electrons. The van der Waals surface area contributed by atoms with Gasteiger partial charge in [-0.2, -0.15) is 0 Å². The molecule has 0 unspecified atom stereocenters. The van der Waals surface area contributed by atoms with Crippen molar-refractivity contribution in [1.29, 1.82) is 0 Å². The van der Waals surface area contributed by atoms with Crippen molar-refractivity contribution in [2.24, 2.45) is 0 Å². The molecule has 0 saturated carbocycles. The fraction of sp³-hybridized carbons (Fsp3) is 0.150. The van der Waals surface area contributed by atoms with Crippen LogP contribution >= 0.6 is 11.6 Å². The maximum absolute atomic E-state index is 12.3. The SMILES string of the molecule is CN(CC(=O)Nc1cccc(Cl)c1)Cc1nc2c(oc3ccccc32)c(=O)[nH]1. The highest BCUT2D eigenvalue weighted by Crippen LogP contribution is 2.24. The Bertz CT molecular complexity index is 1230. The predicted molar refractivity (Wildman–Crippen MR) is 109 cm³/mol. The molecule has 1 amide bonds. The first-order chi connectivity index (χ1) is 13.5. The van der Waals surface area contributed by atoms with Gasteiger partial charge in [-0.25, -0.2) is 4.98 Å². The Kier molecular flexibility index (Phi) is 4.85. The molecular weight excluding hydrogens is 380 g/mol. The van der Waals surface area contributed by atoms with Gasteiger partial charge in [-0.3, -0.25) is 14.5 Å². The first kappa shape index (κ1) is 18.2. The Morgan fingerprint density at radius 1 is 1.25 bits per heavy atom. The van der Waals surface area contributed by atoms with Gasteiger partial charge >= 0.3 is 0 Å². The molecule has 0 aliphatic heterocycles. The zero-order chi connectivity index (χ0) is 19.7. The van der Waals surface area contributed by atoms with E-state index in [2.05, 4.69) is 15.3 Å². The van der Waals surface area contributed by atoms with Crippen LogP contribution in [0.5, 0.6) is 0 Å². The van der Waals surface area contributed by atoms with E-state index >= 15 is 0 Å². The van der Waals surface area contributed by atoms with E-state index in [1.807, 2.05) is 18.2 Å². The molecular formula is C20H17ClN4O3. The number of nitrogens with zero attached hydrogens (tertiary/aromatic N) is 2. The van der Waals surface area contributed by atoms with E-state index in [0.717, 1.165) is 5.39 Å². The molecule has 0 aliphatic rings. The number of likely N-dealkylation sites (N-methyl/N-ethyl adjacent to an activating group) is 1. The van der Waals surface area contributed by atoms with E-state index in [4.69, 9.17) is 16.0 Å². The molecule has 4 aromatic rings. The summed E-state index contributed by atoms with van der Waals surface area (Å²) in [7, 11) is 1.77. The average molecular weight is 397 g/mol. The van der Waals surface area contributed by atoms with Gasteiger partial charge in [0.05, 0.1) is 13.1 Å². The Morgan fingerprint density at radius 2 is 2.07 bits per heavy atom. The number of carbonyl (C=O) groups is 1. The number of aromatic amines is 1. The van der Waals surface area contributed by atoms with Crippen LogP contribution in [0.2, 0.25) is 5.02 Å². The standard InChI is InChI=1S/C20H17ClN4O3/c1-25(11-17(26)22-13-6-4-5-12(21)9-13)10-16-23-18-14-7-2-3-8-15(14)28-19(18)20(27)24-16/h2-9H,10-11H2,1H3,(H,22,26)(H,23,24,27). The first-order valence-electron chi connectivity index (χ1n) is 8.64. The van der Waals surface area contributed by atoms with Gasteiger partial charge in [0.1, 0.15) is 16.9 Å². The van der Waals surface area contributed by atoms with E-state index in [-0.39, 0.29) is 23.6 Å². The number of hydrogen-bond acceptors (Lipinski definition) is 5. The van der Waals surface area contributed by atoms with Crippen molar-refractivity contribution < 1.29 is 9.21 Å². The van der Waals surface area contributed by atoms with Gasteiger partial charge in [-0.1, -0.05) is 29.8 Å². The summed E-state index contributed by atoms with van der Waals surface area (Å²) in [6, 6.07) is 14.3. The van der Waals surface area contributed by atoms with E-state index in [1.165, 1.54) is 0 Å². The summed E-state index contributed by atoms with van der Waals surface area (Å²) in [4.78, 5) is 33.6. The lowest BCUT2D eigenvalue weighted by atomic mass is 10.2. The third kappa shape index (κ3) is 3.76. The van der Waals surface area contributed by atoms with Crippen LogP contribution in [-0.2, 0) is 11.3 Å². The largest absolute Gasteiger partial charge is 0.449 e. The fourth-order valence-electron chi connectivity index (χ4n) is 3.05. The van der Waals surface area contributed by atoms with Crippen molar-refractivity contribution in [2.45, 2.75) is 6.54 Å². The Morgan fingerprint density at radius 3 is 2.89 bits per heavy atom. The number of furan rings is 1. The first-order valence-corrected chi connectivity index (χ1v) is 9.02. The molecule has 142 valence electrons. The molecule has 2 heterocycles. The monoisotopic (exact) mass is 396 g/mol. The lowest BCUT2D eigenvalue weighted by Crippen LogP contribution is -2.31. The Labute approximate surface area is 164 Å². The van der Waals surface area contributed by atoms with Crippen LogP contribution in [0.15, 0.2) is 57.7 Å². The summed E-state index contributed by atoms with van der Waals surface area (Å²) in [5.74, 6) is 0.268. The number of benzene rings is 2. The van der Waals surface area contributed by atoms with Gasteiger partial charge in [0.2, 0.25) is 11.5 Å². The summed E-state index contributed by atoms with van der Waals surface area (Å²) in [6.45, 7) is 0.425. The Hall–Kier alpha value is -3.16. The number of H-pyrrole nitrogens is 1. The van der Waals surface area contributed by atoms with Gasteiger partial charge < -0.3 is 14.7 Å². The molecule has 28 heavy (non-hydrogen) atoms. The smallest absolute Gasteiger partial charge is 0.294 e. The highest BCUT2D eigenvalue weighted by atomic mass is 35.5. The second-order valence-electron chi connectivity index (χ2n) is 6.52. The minimum Gasteiger partial charge on any atom is -0.449 e. The van der Waals surface area contributed by atoms with Crippen molar-refractivity contribution in [1.82, 2.24) is 14.9 Å². The predicted octanol–water partition coefficient (Wildman–Crippen LogP) is 3.39. The molecule has 2 aromatic carbocycles. The molecule has 0 saturated heterocycles. The molecule has 0 aliphatic carbocycles. The second-order valence-corrected chi connectivity index (χ2v) is 6.96. The van der Waals surface area contributed by atoms with Crippen LogP contribution in [0.25, 0.3) is 22.1 Å². The van der Waals surface area contributed by atoms with Crippen LogP contribution in [0.3, 0.4) is 0 Å². The number of hydrogen-bond donors (Lipinski definition) is 2. The lowest BCUT2D eigenvalue weighted by molar-refractivity contribution is -0.117. The van der Waals surface area contributed by atoms with E-state index in [0.29, 0.717) is 34.2 Å². The van der Waals surface area contributed by atoms with Crippen molar-refractivity contribution in [3.63, 3.8) is 0 Å². The number of anilines is 1. The lowest BCUT2D eigenvalue weighted by Gasteiger charge is -2.15. The molecule has 4 rings (SSSR count). The molecule has 0 bridgehead atoms. The van der Waals surface area contributed by atoms with E-state index in [9.17, 15) is 9.59 Å². The van der Waals surface area contributed by atoms with E-state index in [1.54, 1.807) is 42.3 Å². The second kappa shape index (κ2) is 7.46. The zero-order valence-corrected chi connectivity index (χ0v) is 15.8. The molecule has 2 N–H and O–H groups in total. The molecule has 2 aromatic heterocycles.